The molecular weight excluding hydrogens is 445 g/mol. The van der Waals surface area contributed by atoms with Gasteiger partial charge in [-0.2, -0.15) is 4.98 Å². The smallest absolute Gasteiger partial charge is 0.296 e. The van der Waals surface area contributed by atoms with Crippen LogP contribution in [0.1, 0.15) is 13.3 Å². The van der Waals surface area contributed by atoms with E-state index in [9.17, 15) is 9.50 Å². The quantitative estimate of drug-likeness (QED) is 0.419. The lowest BCUT2D eigenvalue weighted by Gasteiger charge is -2.32. The molecule has 6 nitrogen and oxygen atoms in total. The zero-order valence-corrected chi connectivity index (χ0v) is 18.7. The third-order valence-corrected chi connectivity index (χ3v) is 6.26. The molecule has 1 saturated heterocycles. The predicted octanol–water partition coefficient (Wildman–Crippen LogP) is 5.25. The van der Waals surface area contributed by atoms with Gasteiger partial charge in [0.25, 0.3) is 6.01 Å². The number of H-pyrrole nitrogens is 1. The molecule has 3 heterocycles. The number of aromatic amines is 1. The van der Waals surface area contributed by atoms with E-state index >= 15 is 0 Å². The normalized spacial score (nSPS) is 20.8. The van der Waals surface area contributed by atoms with E-state index in [-0.39, 0.29) is 30.5 Å². The monoisotopic (exact) mass is 467 g/mol. The Kier molecular flexibility index (Phi) is 6.01. The van der Waals surface area contributed by atoms with Crippen LogP contribution in [0.25, 0.3) is 33.5 Å². The predicted molar refractivity (Wildman–Crippen MR) is 125 cm³/mol. The Bertz CT molecular complexity index is 1280. The summed E-state index contributed by atoms with van der Waals surface area (Å²) in [5, 5.41) is 9.81. The molecular formula is C25H23ClFN3O3. The number of benzene rings is 2. The second-order valence-electron chi connectivity index (χ2n) is 8.30. The summed E-state index contributed by atoms with van der Waals surface area (Å²) in [5.74, 6) is -0.0823. The zero-order valence-electron chi connectivity index (χ0n) is 18.0. The van der Waals surface area contributed by atoms with Crippen molar-refractivity contribution in [2.75, 3.05) is 13.2 Å². The Hall–Kier alpha value is -3.00. The highest BCUT2D eigenvalue weighted by molar-refractivity contribution is 6.33. The first-order valence-electron chi connectivity index (χ1n) is 10.8. The van der Waals surface area contributed by atoms with Crippen LogP contribution in [-0.2, 0) is 4.74 Å². The molecule has 1 aliphatic heterocycles. The van der Waals surface area contributed by atoms with Crippen LogP contribution in [0.5, 0.6) is 6.01 Å². The van der Waals surface area contributed by atoms with Gasteiger partial charge in [0, 0.05) is 11.1 Å². The van der Waals surface area contributed by atoms with Crippen LogP contribution >= 0.6 is 11.6 Å². The molecule has 2 aromatic heterocycles. The van der Waals surface area contributed by atoms with E-state index in [0.717, 1.165) is 17.5 Å². The number of nitrogens with zero attached hydrogens (tertiary/aromatic N) is 2. The van der Waals surface area contributed by atoms with Crippen molar-refractivity contribution in [2.45, 2.75) is 25.6 Å². The maximum absolute atomic E-state index is 14.1. The molecule has 2 aromatic carbocycles. The molecule has 0 aliphatic carbocycles. The van der Waals surface area contributed by atoms with Crippen molar-refractivity contribution in [3.63, 3.8) is 0 Å². The summed E-state index contributed by atoms with van der Waals surface area (Å²) in [6, 6.07) is 16.2. The van der Waals surface area contributed by atoms with Gasteiger partial charge in [0.15, 0.2) is 5.65 Å². The number of aromatic nitrogens is 3. The molecule has 3 atom stereocenters. The number of aliphatic hydroxyl groups is 1. The van der Waals surface area contributed by atoms with Crippen LogP contribution in [0.2, 0.25) is 5.02 Å². The lowest BCUT2D eigenvalue weighted by Crippen LogP contribution is -2.40. The molecule has 1 fully saturated rings. The molecule has 0 spiro atoms. The number of aliphatic hydroxyl groups excluding tert-OH is 1. The van der Waals surface area contributed by atoms with Crippen molar-refractivity contribution >= 4 is 22.8 Å². The third kappa shape index (κ3) is 4.44. The lowest BCUT2D eigenvalue weighted by molar-refractivity contribution is -0.0958. The van der Waals surface area contributed by atoms with Crippen molar-refractivity contribution in [2.24, 2.45) is 5.92 Å². The largest absolute Gasteiger partial charge is 0.459 e. The summed E-state index contributed by atoms with van der Waals surface area (Å²) in [6.07, 6.45) is 0.438. The van der Waals surface area contributed by atoms with Gasteiger partial charge in [0.1, 0.15) is 11.9 Å². The molecule has 4 aromatic rings. The molecule has 5 rings (SSSR count). The average molecular weight is 468 g/mol. The van der Waals surface area contributed by atoms with Crippen molar-refractivity contribution in [3.8, 4) is 28.4 Å². The number of halogens is 2. The first-order valence-corrected chi connectivity index (χ1v) is 11.2. The van der Waals surface area contributed by atoms with Gasteiger partial charge in [-0.1, -0.05) is 61.0 Å². The fourth-order valence-corrected chi connectivity index (χ4v) is 4.42. The Labute approximate surface area is 195 Å². The topological polar surface area (TPSA) is 80.3 Å². The van der Waals surface area contributed by atoms with E-state index < -0.39 is 0 Å². The van der Waals surface area contributed by atoms with Gasteiger partial charge in [0.05, 0.1) is 35.6 Å². The van der Waals surface area contributed by atoms with Gasteiger partial charge < -0.3 is 19.6 Å². The Morgan fingerprint density at radius 3 is 2.64 bits per heavy atom. The minimum absolute atomic E-state index is 0.00495. The molecule has 2 N–H and O–H groups in total. The van der Waals surface area contributed by atoms with E-state index in [0.29, 0.717) is 40.1 Å². The fourth-order valence-electron chi connectivity index (χ4n) is 4.16. The summed E-state index contributed by atoms with van der Waals surface area (Å²) < 4.78 is 25.7. The molecule has 1 aliphatic rings. The van der Waals surface area contributed by atoms with Crippen molar-refractivity contribution in [1.29, 1.82) is 0 Å². The molecule has 33 heavy (non-hydrogen) atoms. The van der Waals surface area contributed by atoms with Crippen LogP contribution in [0, 0.1) is 11.7 Å². The van der Waals surface area contributed by atoms with Crippen molar-refractivity contribution in [1.82, 2.24) is 15.0 Å². The standard InChI is InChI=1S/C25H23ClFN3O3/c1-14-10-17(13-32-22(14)12-31)33-25-28-21-11-19(26)23(29-24(21)30-25)16-8-6-15(7-9-16)18-4-2-3-5-20(18)27/h2-9,11,14,17,22,31H,10,12-13H2,1H3,(H,28,29,30)/t14-,17+,22+/m0/s1. The van der Waals surface area contributed by atoms with E-state index in [1.807, 2.05) is 31.2 Å². The number of rotatable bonds is 5. The van der Waals surface area contributed by atoms with Gasteiger partial charge >= 0.3 is 0 Å². The number of imidazole rings is 1. The van der Waals surface area contributed by atoms with Gasteiger partial charge in [-0.05, 0) is 30.0 Å². The number of fused-ring (bicyclic) bond motifs is 1. The second-order valence-corrected chi connectivity index (χ2v) is 8.70. The minimum atomic E-state index is -0.267. The molecule has 0 amide bonds. The summed E-state index contributed by atoms with van der Waals surface area (Å²) in [4.78, 5) is 12.2. The Morgan fingerprint density at radius 1 is 1.15 bits per heavy atom. The summed E-state index contributed by atoms with van der Waals surface area (Å²) >= 11 is 6.52. The summed E-state index contributed by atoms with van der Waals surface area (Å²) in [6.45, 7) is 2.42. The van der Waals surface area contributed by atoms with E-state index in [2.05, 4.69) is 15.0 Å². The highest BCUT2D eigenvalue weighted by Crippen LogP contribution is 2.32. The van der Waals surface area contributed by atoms with Crippen molar-refractivity contribution in [3.05, 3.63) is 65.4 Å². The summed E-state index contributed by atoms with van der Waals surface area (Å²) in [5.41, 5.74) is 3.86. The average Bonchev–Trinajstić information content (AvgIpc) is 3.20. The molecule has 8 heteroatoms. The van der Waals surface area contributed by atoms with Crippen LogP contribution in [0.3, 0.4) is 0 Å². The first-order chi connectivity index (χ1) is 16.0. The van der Waals surface area contributed by atoms with E-state index in [1.54, 1.807) is 24.3 Å². The molecule has 0 unspecified atom stereocenters. The minimum Gasteiger partial charge on any atom is -0.459 e. The van der Waals surface area contributed by atoms with E-state index in [1.165, 1.54) is 6.07 Å². The first kappa shape index (κ1) is 21.8. The number of hydrogen-bond donors (Lipinski definition) is 2. The number of nitrogens with one attached hydrogen (secondary N) is 1. The van der Waals surface area contributed by atoms with Crippen LogP contribution in [0.4, 0.5) is 4.39 Å². The number of hydrogen-bond acceptors (Lipinski definition) is 5. The fraction of sp³-hybridized carbons (Fsp3) is 0.280. The highest BCUT2D eigenvalue weighted by atomic mass is 35.5. The van der Waals surface area contributed by atoms with E-state index in [4.69, 9.17) is 21.1 Å². The third-order valence-electron chi connectivity index (χ3n) is 5.97. The van der Waals surface area contributed by atoms with Gasteiger partial charge in [-0.15, -0.1) is 0 Å². The molecule has 0 saturated carbocycles. The van der Waals surface area contributed by atoms with Gasteiger partial charge in [-0.25, -0.2) is 9.37 Å². The second kappa shape index (κ2) is 9.09. The lowest BCUT2D eigenvalue weighted by atomic mass is 9.95. The molecule has 0 radical (unpaired) electrons. The van der Waals surface area contributed by atoms with Gasteiger partial charge in [0.2, 0.25) is 0 Å². The van der Waals surface area contributed by atoms with Crippen LogP contribution in [-0.4, -0.2) is 45.5 Å². The molecule has 0 bridgehead atoms. The Balaban J connectivity index is 1.38. The van der Waals surface area contributed by atoms with Crippen LogP contribution < -0.4 is 4.74 Å². The van der Waals surface area contributed by atoms with Crippen LogP contribution in [0.15, 0.2) is 54.6 Å². The Morgan fingerprint density at radius 2 is 1.91 bits per heavy atom. The van der Waals surface area contributed by atoms with Crippen molar-refractivity contribution < 1.29 is 19.0 Å². The maximum atomic E-state index is 14.1. The summed E-state index contributed by atoms with van der Waals surface area (Å²) in [7, 11) is 0. The van der Waals surface area contributed by atoms with Gasteiger partial charge in [-0.3, -0.25) is 0 Å². The zero-order chi connectivity index (χ0) is 22.9. The SMILES string of the molecule is C[C@H]1C[C@@H](Oc2nc3nc(-c4ccc(-c5ccccc5F)cc4)c(Cl)cc3[nH]2)CO[C@@H]1CO. The maximum Gasteiger partial charge on any atom is 0.296 e. The number of ether oxygens (including phenoxy) is 2. The highest BCUT2D eigenvalue weighted by Gasteiger charge is 2.29. The molecule has 170 valence electrons. The number of pyridine rings is 1.